The molecular formula is C26H28N2O6. The number of amides is 2. The van der Waals surface area contributed by atoms with Crippen molar-refractivity contribution in [2.75, 3.05) is 13.2 Å². The predicted molar refractivity (Wildman–Crippen MR) is 123 cm³/mol. The monoisotopic (exact) mass is 464 g/mol. The molecule has 8 nitrogen and oxygen atoms in total. The number of nitrogens with one attached hydrogen (secondary N) is 1. The highest BCUT2D eigenvalue weighted by Crippen LogP contribution is 2.44. The van der Waals surface area contributed by atoms with Gasteiger partial charge in [0.25, 0.3) is 0 Å². The normalized spacial score (nSPS) is 22.1. The zero-order valence-corrected chi connectivity index (χ0v) is 18.7. The van der Waals surface area contributed by atoms with E-state index in [2.05, 4.69) is 17.4 Å². The number of carbonyl (C=O) groups excluding carboxylic acids is 2. The standard InChI is InChI=1S/C26H28N2O6/c29-16-12-23(25(31)32)28(13-16)24(30)22(11-15-9-10-15)27-26(33)34-14-21-19-7-3-1-5-17(19)18-6-2-4-8-20(18)21/h1-8,15-16,21-23,29H,9-14H2,(H,27,33)(H,31,32)/t16-,22?,23-/m1/s1. The molecule has 178 valence electrons. The quantitative estimate of drug-likeness (QED) is 0.580. The number of benzene rings is 2. The van der Waals surface area contributed by atoms with Crippen molar-refractivity contribution >= 4 is 18.0 Å². The fourth-order valence-corrected chi connectivity index (χ4v) is 5.18. The summed E-state index contributed by atoms with van der Waals surface area (Å²) in [5, 5.41) is 22.1. The number of carboxylic acid groups (broad SMARTS) is 1. The third kappa shape index (κ3) is 4.37. The van der Waals surface area contributed by atoms with Crippen LogP contribution in [0.4, 0.5) is 4.79 Å². The van der Waals surface area contributed by atoms with Gasteiger partial charge in [0.05, 0.1) is 6.10 Å². The molecule has 1 saturated carbocycles. The Balaban J connectivity index is 1.27. The molecule has 1 aliphatic heterocycles. The number of rotatable bonds is 7. The number of nitrogens with zero attached hydrogens (tertiary/aromatic N) is 1. The molecule has 1 saturated heterocycles. The van der Waals surface area contributed by atoms with Crippen molar-refractivity contribution in [3.05, 3.63) is 59.7 Å². The van der Waals surface area contributed by atoms with Gasteiger partial charge in [-0.15, -0.1) is 0 Å². The van der Waals surface area contributed by atoms with Crippen molar-refractivity contribution < 1.29 is 29.3 Å². The van der Waals surface area contributed by atoms with Crippen LogP contribution < -0.4 is 5.32 Å². The van der Waals surface area contributed by atoms with Crippen LogP contribution in [0.2, 0.25) is 0 Å². The van der Waals surface area contributed by atoms with E-state index in [0.29, 0.717) is 12.3 Å². The topological polar surface area (TPSA) is 116 Å². The fourth-order valence-electron chi connectivity index (χ4n) is 5.18. The molecule has 2 aliphatic carbocycles. The summed E-state index contributed by atoms with van der Waals surface area (Å²) >= 11 is 0. The third-order valence-electron chi connectivity index (χ3n) is 7.05. The summed E-state index contributed by atoms with van der Waals surface area (Å²) in [6.07, 6.45) is 0.778. The van der Waals surface area contributed by atoms with E-state index in [1.54, 1.807) is 0 Å². The summed E-state index contributed by atoms with van der Waals surface area (Å²) in [7, 11) is 0. The molecule has 0 radical (unpaired) electrons. The first kappa shape index (κ1) is 22.4. The van der Waals surface area contributed by atoms with E-state index in [4.69, 9.17) is 4.74 Å². The Morgan fingerprint density at radius 2 is 1.65 bits per heavy atom. The number of aliphatic hydroxyl groups is 1. The molecule has 3 atom stereocenters. The number of fused-ring (bicyclic) bond motifs is 3. The van der Waals surface area contributed by atoms with Crippen molar-refractivity contribution in [1.29, 1.82) is 0 Å². The van der Waals surface area contributed by atoms with Crippen LogP contribution in [-0.4, -0.2) is 64.4 Å². The largest absolute Gasteiger partial charge is 0.480 e. The first-order valence-electron chi connectivity index (χ1n) is 11.7. The summed E-state index contributed by atoms with van der Waals surface area (Å²) in [6, 6.07) is 14.1. The maximum atomic E-state index is 13.2. The Kier molecular flexibility index (Phi) is 6.00. The minimum atomic E-state index is -1.16. The zero-order chi connectivity index (χ0) is 23.8. The van der Waals surface area contributed by atoms with Crippen LogP contribution in [0.3, 0.4) is 0 Å². The van der Waals surface area contributed by atoms with E-state index in [-0.39, 0.29) is 25.5 Å². The van der Waals surface area contributed by atoms with Gasteiger partial charge in [0.15, 0.2) is 0 Å². The van der Waals surface area contributed by atoms with Crippen molar-refractivity contribution in [1.82, 2.24) is 10.2 Å². The number of ether oxygens (including phenoxy) is 1. The number of alkyl carbamates (subject to hydrolysis) is 1. The van der Waals surface area contributed by atoms with Crippen LogP contribution in [0.25, 0.3) is 11.1 Å². The lowest BCUT2D eigenvalue weighted by Crippen LogP contribution is -2.52. The van der Waals surface area contributed by atoms with E-state index < -0.39 is 36.2 Å². The molecule has 2 amide bonds. The number of carboxylic acids is 1. The zero-order valence-electron chi connectivity index (χ0n) is 18.7. The van der Waals surface area contributed by atoms with Crippen LogP contribution in [0.5, 0.6) is 0 Å². The van der Waals surface area contributed by atoms with Crippen molar-refractivity contribution in [2.24, 2.45) is 5.92 Å². The van der Waals surface area contributed by atoms with E-state index in [1.165, 1.54) is 4.90 Å². The number of aliphatic carboxylic acids is 1. The number of β-amino-alcohol motifs (C(OH)–C–C–N with tert-alkyl or cyclic N) is 1. The molecule has 0 bridgehead atoms. The van der Waals surface area contributed by atoms with E-state index in [9.17, 15) is 24.6 Å². The highest BCUT2D eigenvalue weighted by Gasteiger charge is 2.43. The summed E-state index contributed by atoms with van der Waals surface area (Å²) in [6.45, 7) is 0.0771. The maximum absolute atomic E-state index is 13.2. The average molecular weight is 465 g/mol. The molecule has 0 aromatic heterocycles. The molecule has 2 fully saturated rings. The average Bonchev–Trinajstić information content (AvgIpc) is 3.47. The molecule has 5 rings (SSSR count). The Morgan fingerprint density at radius 3 is 2.24 bits per heavy atom. The minimum absolute atomic E-state index is 0.0117. The van der Waals surface area contributed by atoms with Crippen LogP contribution in [-0.2, 0) is 14.3 Å². The number of hydrogen-bond acceptors (Lipinski definition) is 5. The molecule has 3 aliphatic rings. The minimum Gasteiger partial charge on any atom is -0.480 e. The van der Waals surface area contributed by atoms with Gasteiger partial charge >= 0.3 is 12.1 Å². The lowest BCUT2D eigenvalue weighted by Gasteiger charge is -2.27. The highest BCUT2D eigenvalue weighted by atomic mass is 16.5. The van der Waals surface area contributed by atoms with E-state index in [0.717, 1.165) is 35.1 Å². The molecule has 2 aromatic carbocycles. The number of likely N-dealkylation sites (tertiary alicyclic amines) is 1. The van der Waals surface area contributed by atoms with Gasteiger partial charge < -0.3 is 25.2 Å². The second-order valence-electron chi connectivity index (χ2n) is 9.44. The molecule has 8 heteroatoms. The number of carbonyl (C=O) groups is 3. The SMILES string of the molecule is O=C(NC(CC1CC1)C(=O)N1C[C@H](O)C[C@@H]1C(=O)O)OCC1c2ccccc2-c2ccccc21. The second-order valence-corrected chi connectivity index (χ2v) is 9.44. The van der Waals surface area contributed by atoms with Gasteiger partial charge in [-0.1, -0.05) is 61.4 Å². The second kappa shape index (κ2) is 9.10. The molecule has 34 heavy (non-hydrogen) atoms. The predicted octanol–water partition coefficient (Wildman–Crippen LogP) is 2.74. The molecule has 0 spiro atoms. The number of aliphatic hydroxyl groups excluding tert-OH is 1. The Labute approximate surface area is 197 Å². The highest BCUT2D eigenvalue weighted by molar-refractivity contribution is 5.90. The van der Waals surface area contributed by atoms with Gasteiger partial charge in [0.2, 0.25) is 5.91 Å². The van der Waals surface area contributed by atoms with Crippen molar-refractivity contribution in [3.63, 3.8) is 0 Å². The van der Waals surface area contributed by atoms with Crippen molar-refractivity contribution in [2.45, 2.75) is 49.8 Å². The van der Waals surface area contributed by atoms with Crippen LogP contribution in [0.15, 0.2) is 48.5 Å². The van der Waals surface area contributed by atoms with Gasteiger partial charge in [0, 0.05) is 18.9 Å². The van der Waals surface area contributed by atoms with Gasteiger partial charge in [-0.3, -0.25) is 4.79 Å². The van der Waals surface area contributed by atoms with Crippen LogP contribution >= 0.6 is 0 Å². The van der Waals surface area contributed by atoms with Crippen LogP contribution in [0, 0.1) is 5.92 Å². The first-order valence-corrected chi connectivity index (χ1v) is 11.7. The first-order chi connectivity index (χ1) is 16.4. The molecule has 3 N–H and O–H groups in total. The molecule has 1 heterocycles. The smallest absolute Gasteiger partial charge is 0.407 e. The van der Waals surface area contributed by atoms with Gasteiger partial charge in [-0.25, -0.2) is 9.59 Å². The molecular weight excluding hydrogens is 436 g/mol. The molecule has 1 unspecified atom stereocenters. The van der Waals surface area contributed by atoms with Crippen molar-refractivity contribution in [3.8, 4) is 11.1 Å². The summed E-state index contributed by atoms with van der Waals surface area (Å²) in [4.78, 5) is 38.7. The Bertz CT molecular complexity index is 1070. The fraction of sp³-hybridized carbons (Fsp3) is 0.423. The lowest BCUT2D eigenvalue weighted by molar-refractivity contribution is -0.149. The molecule has 2 aromatic rings. The summed E-state index contributed by atoms with van der Waals surface area (Å²) in [5.74, 6) is -1.42. The Morgan fingerprint density at radius 1 is 1.03 bits per heavy atom. The van der Waals surface area contributed by atoms with Gasteiger partial charge in [-0.05, 0) is 34.6 Å². The summed E-state index contributed by atoms with van der Waals surface area (Å²) < 4.78 is 5.59. The van der Waals surface area contributed by atoms with Gasteiger partial charge in [0.1, 0.15) is 18.7 Å². The van der Waals surface area contributed by atoms with E-state index >= 15 is 0 Å². The van der Waals surface area contributed by atoms with E-state index in [1.807, 2.05) is 36.4 Å². The maximum Gasteiger partial charge on any atom is 0.407 e. The third-order valence-corrected chi connectivity index (χ3v) is 7.05. The lowest BCUT2D eigenvalue weighted by atomic mass is 9.98. The van der Waals surface area contributed by atoms with Crippen LogP contribution in [0.1, 0.15) is 42.7 Å². The summed E-state index contributed by atoms with van der Waals surface area (Å²) in [5.41, 5.74) is 4.44. The van der Waals surface area contributed by atoms with Gasteiger partial charge in [-0.2, -0.15) is 0 Å². The Hall–Kier alpha value is -3.39. The number of hydrogen-bond donors (Lipinski definition) is 3.